The number of fused-ring (bicyclic) bond motifs is 1. The summed E-state index contributed by atoms with van der Waals surface area (Å²) < 4.78 is 12.3. The molecule has 7 nitrogen and oxygen atoms in total. The summed E-state index contributed by atoms with van der Waals surface area (Å²) in [7, 11) is 3.25. The lowest BCUT2D eigenvalue weighted by Crippen LogP contribution is -2.18. The molecule has 2 N–H and O–H groups in total. The lowest BCUT2D eigenvalue weighted by molar-refractivity contribution is 0.0958. The van der Waals surface area contributed by atoms with Gasteiger partial charge in [0.15, 0.2) is 5.13 Å². The van der Waals surface area contributed by atoms with Crippen LogP contribution in [0.3, 0.4) is 0 Å². The minimum absolute atomic E-state index is 0.257. The van der Waals surface area contributed by atoms with Crippen molar-refractivity contribution in [3.63, 3.8) is 0 Å². The van der Waals surface area contributed by atoms with Gasteiger partial charge in [-0.25, -0.2) is 4.98 Å². The molecule has 2 aromatic carbocycles. The Hall–Kier alpha value is -3.65. The number of para-hydroxylation sites is 1. The maximum atomic E-state index is 11.8. The predicted octanol–water partition coefficient (Wildman–Crippen LogP) is 4.51. The minimum atomic E-state index is -0.257. The molecule has 0 bridgehead atoms. The molecule has 2 aromatic heterocycles. The average Bonchev–Trinajstić information content (AvgIpc) is 3.21. The van der Waals surface area contributed by atoms with E-state index in [1.165, 1.54) is 0 Å². The quantitative estimate of drug-likeness (QED) is 0.425. The summed E-state index contributed by atoms with van der Waals surface area (Å²) in [4.78, 5) is 20.4. The fraction of sp³-hybridized carbons (Fsp3) is 0.174. The molecule has 0 spiro atoms. The van der Waals surface area contributed by atoms with Crippen LogP contribution >= 0.6 is 11.3 Å². The van der Waals surface area contributed by atoms with E-state index in [1.54, 1.807) is 43.8 Å². The van der Waals surface area contributed by atoms with Crippen LogP contribution in [-0.2, 0) is 6.42 Å². The maximum Gasteiger partial charge on any atom is 0.269 e. The van der Waals surface area contributed by atoms with Crippen LogP contribution < -0.4 is 20.1 Å². The van der Waals surface area contributed by atoms with E-state index in [0.29, 0.717) is 17.2 Å². The summed E-state index contributed by atoms with van der Waals surface area (Å²) in [6, 6.07) is 17.1. The molecule has 4 rings (SSSR count). The van der Waals surface area contributed by atoms with Gasteiger partial charge in [-0.05, 0) is 36.2 Å². The summed E-state index contributed by atoms with van der Waals surface area (Å²) in [5.41, 5.74) is 2.36. The van der Waals surface area contributed by atoms with Gasteiger partial charge in [0.2, 0.25) is 0 Å². The van der Waals surface area contributed by atoms with Crippen molar-refractivity contribution >= 4 is 32.6 Å². The Kier molecular flexibility index (Phi) is 6.28. The number of nitrogens with zero attached hydrogens (tertiary/aromatic N) is 2. The molecule has 1 amide bonds. The molecule has 0 saturated carbocycles. The third-order valence-electron chi connectivity index (χ3n) is 4.65. The lowest BCUT2D eigenvalue weighted by Gasteiger charge is -2.08. The van der Waals surface area contributed by atoms with Gasteiger partial charge in [0, 0.05) is 31.9 Å². The number of benzene rings is 2. The number of thiazole rings is 1. The largest absolute Gasteiger partial charge is 0.496 e. The first-order chi connectivity index (χ1) is 15.2. The number of ether oxygens (including phenoxy) is 2. The summed E-state index contributed by atoms with van der Waals surface area (Å²) in [6.45, 7) is 0.753. The highest BCUT2D eigenvalue weighted by Gasteiger charge is 2.09. The average molecular weight is 435 g/mol. The third kappa shape index (κ3) is 4.92. The lowest BCUT2D eigenvalue weighted by atomic mass is 10.1. The van der Waals surface area contributed by atoms with Gasteiger partial charge in [-0.3, -0.25) is 9.78 Å². The van der Waals surface area contributed by atoms with Crippen LogP contribution in [0.15, 0.2) is 60.8 Å². The molecule has 0 radical (unpaired) electrons. The standard InChI is InChI=1S/C23H22N4O3S/c1-24-22(28)19-13-17(10-12-25-19)30-16-7-8-18-21(14-16)31-23(27-18)26-11-9-15-5-3-4-6-20(15)29-2/h3-8,10,12-14H,9,11H2,1-2H3,(H,24,28)(H,26,27). The van der Waals surface area contributed by atoms with Crippen LogP contribution in [0.2, 0.25) is 0 Å². The first kappa shape index (κ1) is 20.6. The van der Waals surface area contributed by atoms with Gasteiger partial charge in [-0.1, -0.05) is 29.5 Å². The number of methoxy groups -OCH3 is 1. The smallest absolute Gasteiger partial charge is 0.269 e. The van der Waals surface area contributed by atoms with Crippen molar-refractivity contribution in [1.29, 1.82) is 0 Å². The van der Waals surface area contributed by atoms with Crippen LogP contribution in [0.1, 0.15) is 16.1 Å². The number of pyridine rings is 1. The summed E-state index contributed by atoms with van der Waals surface area (Å²) in [6.07, 6.45) is 2.39. The number of amides is 1. The molecule has 0 aliphatic carbocycles. The SMILES string of the molecule is CNC(=O)c1cc(Oc2ccc3nc(NCCc4ccccc4OC)sc3c2)ccn1. The number of hydrogen-bond acceptors (Lipinski definition) is 7. The van der Waals surface area contributed by atoms with E-state index in [0.717, 1.165) is 39.6 Å². The predicted molar refractivity (Wildman–Crippen MR) is 123 cm³/mol. The highest BCUT2D eigenvalue weighted by atomic mass is 32.1. The Bertz CT molecular complexity index is 1210. The van der Waals surface area contributed by atoms with Gasteiger partial charge in [0.05, 0.1) is 17.3 Å². The fourth-order valence-corrected chi connectivity index (χ4v) is 4.04. The molecular weight excluding hydrogens is 412 g/mol. The number of nitrogens with one attached hydrogen (secondary N) is 2. The number of rotatable bonds is 8. The number of anilines is 1. The van der Waals surface area contributed by atoms with Crippen molar-refractivity contribution < 1.29 is 14.3 Å². The van der Waals surface area contributed by atoms with Crippen molar-refractivity contribution in [2.24, 2.45) is 0 Å². The van der Waals surface area contributed by atoms with E-state index >= 15 is 0 Å². The molecule has 0 aliphatic heterocycles. The molecule has 0 aliphatic rings. The second-order valence-corrected chi connectivity index (χ2v) is 7.73. The highest BCUT2D eigenvalue weighted by molar-refractivity contribution is 7.22. The maximum absolute atomic E-state index is 11.8. The Morgan fingerprint density at radius 1 is 1.10 bits per heavy atom. The Labute approximate surface area is 184 Å². The molecule has 4 aromatic rings. The van der Waals surface area contributed by atoms with Crippen molar-refractivity contribution in [2.45, 2.75) is 6.42 Å². The zero-order valence-corrected chi connectivity index (χ0v) is 18.0. The Morgan fingerprint density at radius 3 is 2.77 bits per heavy atom. The highest BCUT2D eigenvalue weighted by Crippen LogP contribution is 2.31. The number of carbonyl (C=O) groups excluding carboxylic acids is 1. The van der Waals surface area contributed by atoms with E-state index in [1.807, 2.05) is 36.4 Å². The van der Waals surface area contributed by atoms with Gasteiger partial charge < -0.3 is 20.1 Å². The van der Waals surface area contributed by atoms with Crippen LogP contribution in [0, 0.1) is 0 Å². The van der Waals surface area contributed by atoms with E-state index in [-0.39, 0.29) is 5.91 Å². The fourth-order valence-electron chi connectivity index (χ4n) is 3.12. The van der Waals surface area contributed by atoms with Gasteiger partial charge >= 0.3 is 0 Å². The molecule has 0 unspecified atom stereocenters. The Morgan fingerprint density at radius 2 is 1.94 bits per heavy atom. The van der Waals surface area contributed by atoms with Gasteiger partial charge in [-0.15, -0.1) is 0 Å². The molecule has 158 valence electrons. The monoisotopic (exact) mass is 434 g/mol. The van der Waals surface area contributed by atoms with Crippen LogP contribution in [-0.4, -0.2) is 36.6 Å². The van der Waals surface area contributed by atoms with Crippen LogP contribution in [0.4, 0.5) is 5.13 Å². The van der Waals surface area contributed by atoms with Crippen LogP contribution in [0.25, 0.3) is 10.2 Å². The molecular formula is C23H22N4O3S. The van der Waals surface area contributed by atoms with E-state index in [4.69, 9.17) is 9.47 Å². The zero-order chi connectivity index (χ0) is 21.6. The molecule has 0 fully saturated rings. The first-order valence-electron chi connectivity index (χ1n) is 9.78. The molecule has 31 heavy (non-hydrogen) atoms. The molecule has 2 heterocycles. The van der Waals surface area contributed by atoms with E-state index in [2.05, 4.69) is 26.7 Å². The van der Waals surface area contributed by atoms with E-state index in [9.17, 15) is 4.79 Å². The Balaban J connectivity index is 1.43. The van der Waals surface area contributed by atoms with E-state index < -0.39 is 0 Å². The number of aromatic nitrogens is 2. The second kappa shape index (κ2) is 9.44. The minimum Gasteiger partial charge on any atom is -0.496 e. The van der Waals surface area contributed by atoms with Crippen molar-refractivity contribution in [2.75, 3.05) is 26.0 Å². The molecule has 0 saturated heterocycles. The zero-order valence-electron chi connectivity index (χ0n) is 17.2. The number of carbonyl (C=O) groups is 1. The van der Waals surface area contributed by atoms with Crippen molar-refractivity contribution in [3.05, 3.63) is 72.1 Å². The second-order valence-electron chi connectivity index (χ2n) is 6.70. The topological polar surface area (TPSA) is 85.4 Å². The first-order valence-corrected chi connectivity index (χ1v) is 10.6. The summed E-state index contributed by atoms with van der Waals surface area (Å²) in [5.74, 6) is 1.86. The molecule has 8 heteroatoms. The summed E-state index contributed by atoms with van der Waals surface area (Å²) >= 11 is 1.57. The third-order valence-corrected chi connectivity index (χ3v) is 5.63. The van der Waals surface area contributed by atoms with Crippen molar-refractivity contribution in [3.8, 4) is 17.2 Å². The summed E-state index contributed by atoms with van der Waals surface area (Å²) in [5, 5.41) is 6.80. The van der Waals surface area contributed by atoms with Crippen molar-refractivity contribution in [1.82, 2.24) is 15.3 Å². The normalized spacial score (nSPS) is 10.6. The van der Waals surface area contributed by atoms with Gasteiger partial charge in [0.1, 0.15) is 22.9 Å². The van der Waals surface area contributed by atoms with Gasteiger partial charge in [-0.2, -0.15) is 0 Å². The van der Waals surface area contributed by atoms with Gasteiger partial charge in [0.25, 0.3) is 5.91 Å². The molecule has 0 atom stereocenters. The van der Waals surface area contributed by atoms with Crippen LogP contribution in [0.5, 0.6) is 17.2 Å². The number of hydrogen-bond donors (Lipinski definition) is 2.